The predicted molar refractivity (Wildman–Crippen MR) is 124 cm³/mol. The fourth-order valence-corrected chi connectivity index (χ4v) is 4.78. The Morgan fingerprint density at radius 2 is 1.94 bits per heavy atom. The highest BCUT2D eigenvalue weighted by molar-refractivity contribution is 7.99. The van der Waals surface area contributed by atoms with Crippen LogP contribution in [0, 0.1) is 12.8 Å². The Labute approximate surface area is 186 Å². The molecule has 0 saturated carbocycles. The van der Waals surface area contributed by atoms with E-state index in [-0.39, 0.29) is 17.2 Å². The molecule has 6 nitrogen and oxygen atoms in total. The molecule has 2 aromatic carbocycles. The topological polar surface area (TPSA) is 64.4 Å². The summed E-state index contributed by atoms with van der Waals surface area (Å²) in [6.45, 7) is 5.79. The van der Waals surface area contributed by atoms with Gasteiger partial charge in [0.2, 0.25) is 5.91 Å². The van der Waals surface area contributed by atoms with Crippen LogP contribution in [0.25, 0.3) is 16.6 Å². The lowest BCUT2D eigenvalue weighted by atomic mass is 9.99. The Morgan fingerprint density at radius 3 is 2.68 bits per heavy atom. The first-order valence-corrected chi connectivity index (χ1v) is 11.5. The Bertz CT molecular complexity index is 1170. The summed E-state index contributed by atoms with van der Waals surface area (Å²) in [7, 11) is 1.58. The average Bonchev–Trinajstić information content (AvgIpc) is 2.78. The summed E-state index contributed by atoms with van der Waals surface area (Å²) in [5.74, 6) is 1.58. The van der Waals surface area contributed by atoms with Crippen LogP contribution in [0.15, 0.2) is 52.4 Å². The van der Waals surface area contributed by atoms with Crippen molar-refractivity contribution in [1.82, 2.24) is 14.5 Å². The Morgan fingerprint density at radius 1 is 1.19 bits per heavy atom. The summed E-state index contributed by atoms with van der Waals surface area (Å²) in [6, 6.07) is 13.0. The second-order valence-electron chi connectivity index (χ2n) is 8.08. The van der Waals surface area contributed by atoms with E-state index in [1.807, 2.05) is 48.2 Å². The number of amides is 1. The van der Waals surface area contributed by atoms with E-state index in [1.165, 1.54) is 11.8 Å². The average molecular weight is 438 g/mol. The number of nitrogens with zero attached hydrogens (tertiary/aromatic N) is 3. The van der Waals surface area contributed by atoms with Gasteiger partial charge >= 0.3 is 0 Å². The summed E-state index contributed by atoms with van der Waals surface area (Å²) in [5.41, 5.74) is 2.09. The zero-order chi connectivity index (χ0) is 22.0. The highest BCUT2D eigenvalue weighted by Crippen LogP contribution is 2.28. The van der Waals surface area contributed by atoms with E-state index >= 15 is 0 Å². The van der Waals surface area contributed by atoms with Crippen LogP contribution in [0.1, 0.15) is 25.3 Å². The van der Waals surface area contributed by atoms with E-state index in [2.05, 4.69) is 6.92 Å². The van der Waals surface area contributed by atoms with E-state index in [9.17, 15) is 9.59 Å². The maximum absolute atomic E-state index is 13.5. The molecule has 1 amide bonds. The van der Waals surface area contributed by atoms with Crippen molar-refractivity contribution in [2.24, 2.45) is 5.92 Å². The second kappa shape index (κ2) is 9.14. The first-order chi connectivity index (χ1) is 15.0. The van der Waals surface area contributed by atoms with Gasteiger partial charge < -0.3 is 9.64 Å². The smallest absolute Gasteiger partial charge is 0.266 e. The maximum atomic E-state index is 13.5. The van der Waals surface area contributed by atoms with Crippen molar-refractivity contribution in [3.8, 4) is 11.4 Å². The molecule has 1 fully saturated rings. The molecular formula is C24H27N3O3S. The molecule has 1 aliphatic rings. The standard InChI is InChI=1S/C24H27N3O3S/c1-16-10-12-26(13-11-16)22(28)15-31-24-25-19-7-5-4-6-18(19)23(29)27(24)20-14-17(2)8-9-21(20)30-3/h4-9,14,16H,10-13,15H2,1-3H3. The van der Waals surface area contributed by atoms with Crippen LogP contribution in [0.5, 0.6) is 5.75 Å². The van der Waals surface area contributed by atoms with Crippen molar-refractivity contribution in [2.45, 2.75) is 31.8 Å². The van der Waals surface area contributed by atoms with Gasteiger partial charge in [-0.3, -0.25) is 14.2 Å². The first-order valence-electron chi connectivity index (χ1n) is 10.6. The van der Waals surface area contributed by atoms with Crippen molar-refractivity contribution in [2.75, 3.05) is 26.0 Å². The van der Waals surface area contributed by atoms with Crippen LogP contribution in [-0.2, 0) is 4.79 Å². The summed E-state index contributed by atoms with van der Waals surface area (Å²) in [6.07, 6.45) is 2.08. The third kappa shape index (κ3) is 4.46. The van der Waals surface area contributed by atoms with Crippen molar-refractivity contribution < 1.29 is 9.53 Å². The number of likely N-dealkylation sites (tertiary alicyclic amines) is 1. The number of hydrogen-bond acceptors (Lipinski definition) is 5. The third-order valence-corrected chi connectivity index (χ3v) is 6.70. The molecule has 162 valence electrons. The number of rotatable bonds is 5. The van der Waals surface area contributed by atoms with E-state index < -0.39 is 0 Å². The normalized spacial score (nSPS) is 14.7. The molecular weight excluding hydrogens is 410 g/mol. The number of fused-ring (bicyclic) bond motifs is 1. The molecule has 0 bridgehead atoms. The van der Waals surface area contributed by atoms with Crippen LogP contribution in [-0.4, -0.2) is 46.3 Å². The molecule has 1 saturated heterocycles. The Hall–Kier alpha value is -2.80. The van der Waals surface area contributed by atoms with E-state index in [0.717, 1.165) is 31.5 Å². The van der Waals surface area contributed by atoms with Gasteiger partial charge in [-0.25, -0.2) is 4.98 Å². The minimum Gasteiger partial charge on any atom is -0.495 e. The zero-order valence-corrected chi connectivity index (χ0v) is 18.9. The summed E-state index contributed by atoms with van der Waals surface area (Å²) in [4.78, 5) is 33.0. The number of piperidine rings is 1. The molecule has 0 atom stereocenters. The number of methoxy groups -OCH3 is 1. The van der Waals surface area contributed by atoms with Crippen molar-refractivity contribution in [3.63, 3.8) is 0 Å². The highest BCUT2D eigenvalue weighted by atomic mass is 32.2. The predicted octanol–water partition coefficient (Wildman–Crippen LogP) is 4.05. The maximum Gasteiger partial charge on any atom is 0.266 e. The number of para-hydroxylation sites is 1. The molecule has 2 heterocycles. The van der Waals surface area contributed by atoms with Gasteiger partial charge in [0.1, 0.15) is 5.75 Å². The number of ether oxygens (including phenoxy) is 1. The number of thioether (sulfide) groups is 1. The SMILES string of the molecule is COc1ccc(C)cc1-n1c(SCC(=O)N2CCC(C)CC2)nc2ccccc2c1=O. The van der Waals surface area contributed by atoms with Crippen molar-refractivity contribution >= 4 is 28.6 Å². The first kappa shape index (κ1) is 21.4. The van der Waals surface area contributed by atoms with Crippen LogP contribution >= 0.6 is 11.8 Å². The highest BCUT2D eigenvalue weighted by Gasteiger charge is 2.22. The van der Waals surface area contributed by atoms with E-state index in [1.54, 1.807) is 17.7 Å². The van der Waals surface area contributed by atoms with Gasteiger partial charge in [0.15, 0.2) is 5.16 Å². The van der Waals surface area contributed by atoms with Crippen molar-refractivity contribution in [1.29, 1.82) is 0 Å². The van der Waals surface area contributed by atoms with Crippen LogP contribution in [0.2, 0.25) is 0 Å². The number of hydrogen-bond donors (Lipinski definition) is 0. The number of benzene rings is 2. The summed E-state index contributed by atoms with van der Waals surface area (Å²) < 4.78 is 7.11. The van der Waals surface area contributed by atoms with Gasteiger partial charge in [-0.1, -0.05) is 36.9 Å². The van der Waals surface area contributed by atoms with Crippen LogP contribution < -0.4 is 10.3 Å². The number of carbonyl (C=O) groups excluding carboxylic acids is 1. The number of carbonyl (C=O) groups is 1. The molecule has 4 rings (SSSR count). The second-order valence-corrected chi connectivity index (χ2v) is 9.02. The lowest BCUT2D eigenvalue weighted by Crippen LogP contribution is -2.39. The van der Waals surface area contributed by atoms with Crippen molar-refractivity contribution in [3.05, 3.63) is 58.4 Å². The monoisotopic (exact) mass is 437 g/mol. The van der Waals surface area contributed by atoms with Gasteiger partial charge in [-0.2, -0.15) is 0 Å². The number of aromatic nitrogens is 2. The molecule has 0 radical (unpaired) electrons. The van der Waals surface area contributed by atoms with E-state index in [4.69, 9.17) is 9.72 Å². The molecule has 0 unspecified atom stereocenters. The molecule has 0 N–H and O–H groups in total. The van der Waals surface area contributed by atoms with Gasteiger partial charge in [0.25, 0.3) is 5.56 Å². The third-order valence-electron chi connectivity index (χ3n) is 5.78. The van der Waals surface area contributed by atoms with Gasteiger partial charge in [0.05, 0.1) is 29.5 Å². The molecule has 0 spiro atoms. The summed E-state index contributed by atoms with van der Waals surface area (Å²) >= 11 is 1.30. The molecule has 31 heavy (non-hydrogen) atoms. The molecule has 1 aliphatic heterocycles. The molecule has 0 aliphatic carbocycles. The quantitative estimate of drug-likeness (QED) is 0.445. The fourth-order valence-electron chi connectivity index (χ4n) is 3.87. The van der Waals surface area contributed by atoms with Gasteiger partial charge in [-0.15, -0.1) is 0 Å². The minimum absolute atomic E-state index is 0.0852. The lowest BCUT2D eigenvalue weighted by Gasteiger charge is -2.30. The largest absolute Gasteiger partial charge is 0.495 e. The lowest BCUT2D eigenvalue weighted by molar-refractivity contribution is -0.129. The molecule has 1 aromatic heterocycles. The fraction of sp³-hybridized carbons (Fsp3) is 0.375. The van der Waals surface area contributed by atoms with Gasteiger partial charge in [0, 0.05) is 13.1 Å². The molecule has 3 aromatic rings. The zero-order valence-electron chi connectivity index (χ0n) is 18.1. The Balaban J connectivity index is 1.74. The van der Waals surface area contributed by atoms with Crippen LogP contribution in [0.3, 0.4) is 0 Å². The van der Waals surface area contributed by atoms with Gasteiger partial charge in [-0.05, 0) is 55.5 Å². The molecule has 7 heteroatoms. The summed E-state index contributed by atoms with van der Waals surface area (Å²) in [5, 5.41) is 1.03. The minimum atomic E-state index is -0.170. The van der Waals surface area contributed by atoms with Crippen LogP contribution in [0.4, 0.5) is 0 Å². The number of aryl methyl sites for hydroxylation is 1. The Kier molecular flexibility index (Phi) is 6.32. The van der Waals surface area contributed by atoms with E-state index in [0.29, 0.717) is 33.4 Å².